The molecular formula is C18H21ClO. The molecule has 2 rings (SSSR count). The number of methoxy groups -OCH3 is 1. The summed E-state index contributed by atoms with van der Waals surface area (Å²) in [6.07, 6.45) is 2.84. The van der Waals surface area contributed by atoms with Gasteiger partial charge in [-0.3, -0.25) is 0 Å². The lowest BCUT2D eigenvalue weighted by atomic mass is 10.0. The van der Waals surface area contributed by atoms with Crippen molar-refractivity contribution in [3.63, 3.8) is 0 Å². The summed E-state index contributed by atoms with van der Waals surface area (Å²) < 4.78 is 5.36. The summed E-state index contributed by atoms with van der Waals surface area (Å²) in [5, 5.41) is 0.132. The fraction of sp³-hybridized carbons (Fsp3) is 0.333. The van der Waals surface area contributed by atoms with Crippen molar-refractivity contribution in [2.24, 2.45) is 0 Å². The number of para-hydroxylation sites is 1. The Hall–Kier alpha value is -1.47. The summed E-state index contributed by atoms with van der Waals surface area (Å²) in [5.41, 5.74) is 3.82. The number of benzene rings is 2. The summed E-state index contributed by atoms with van der Waals surface area (Å²) in [6.45, 7) is 2.11. The first-order chi connectivity index (χ1) is 9.69. The molecule has 20 heavy (non-hydrogen) atoms. The lowest BCUT2D eigenvalue weighted by molar-refractivity contribution is 0.409. The van der Waals surface area contributed by atoms with Gasteiger partial charge in [-0.05, 0) is 43.4 Å². The third kappa shape index (κ3) is 4.28. The molecule has 1 unspecified atom stereocenters. The van der Waals surface area contributed by atoms with E-state index >= 15 is 0 Å². The summed E-state index contributed by atoms with van der Waals surface area (Å²) in [4.78, 5) is 0. The van der Waals surface area contributed by atoms with Crippen LogP contribution in [0.5, 0.6) is 5.75 Å². The molecule has 2 heteroatoms. The first-order valence-electron chi connectivity index (χ1n) is 7.00. The molecule has 0 heterocycles. The lowest BCUT2D eigenvalue weighted by Crippen LogP contribution is -2.06. The SMILES string of the molecule is COc1ccccc1CC(Cl)CCc1ccc(C)cc1. The Bertz CT molecular complexity index is 533. The topological polar surface area (TPSA) is 9.23 Å². The normalized spacial score (nSPS) is 12.2. The molecule has 0 aliphatic rings. The van der Waals surface area contributed by atoms with E-state index in [0.717, 1.165) is 25.0 Å². The summed E-state index contributed by atoms with van der Waals surface area (Å²) in [7, 11) is 1.70. The lowest BCUT2D eigenvalue weighted by Gasteiger charge is -2.12. The van der Waals surface area contributed by atoms with Crippen LogP contribution >= 0.6 is 11.6 Å². The van der Waals surface area contributed by atoms with E-state index in [-0.39, 0.29) is 5.38 Å². The maximum atomic E-state index is 6.47. The van der Waals surface area contributed by atoms with Gasteiger partial charge in [-0.15, -0.1) is 11.6 Å². The predicted molar refractivity (Wildman–Crippen MR) is 85.8 cm³/mol. The summed E-state index contributed by atoms with van der Waals surface area (Å²) >= 11 is 6.47. The van der Waals surface area contributed by atoms with Crippen molar-refractivity contribution in [2.45, 2.75) is 31.6 Å². The van der Waals surface area contributed by atoms with E-state index in [0.29, 0.717) is 0 Å². The molecule has 0 spiro atoms. The molecule has 0 N–H and O–H groups in total. The second-order valence-electron chi connectivity index (χ2n) is 5.14. The predicted octanol–water partition coefficient (Wildman–Crippen LogP) is 4.79. The molecular weight excluding hydrogens is 268 g/mol. The molecule has 0 fully saturated rings. The molecule has 2 aromatic rings. The second kappa shape index (κ2) is 7.35. The van der Waals surface area contributed by atoms with E-state index in [2.05, 4.69) is 37.3 Å². The minimum atomic E-state index is 0.132. The average Bonchev–Trinajstić information content (AvgIpc) is 2.47. The number of halogens is 1. The van der Waals surface area contributed by atoms with E-state index in [1.165, 1.54) is 16.7 Å². The van der Waals surface area contributed by atoms with E-state index in [4.69, 9.17) is 16.3 Å². The van der Waals surface area contributed by atoms with Gasteiger partial charge in [0, 0.05) is 5.38 Å². The van der Waals surface area contributed by atoms with Gasteiger partial charge in [0.25, 0.3) is 0 Å². The van der Waals surface area contributed by atoms with Crippen molar-refractivity contribution < 1.29 is 4.74 Å². The molecule has 106 valence electrons. The van der Waals surface area contributed by atoms with Gasteiger partial charge in [-0.2, -0.15) is 0 Å². The number of hydrogen-bond acceptors (Lipinski definition) is 1. The van der Waals surface area contributed by atoms with Crippen LogP contribution in [0.25, 0.3) is 0 Å². The highest BCUT2D eigenvalue weighted by Gasteiger charge is 2.10. The maximum absolute atomic E-state index is 6.47. The van der Waals surface area contributed by atoms with E-state index in [1.54, 1.807) is 7.11 Å². The van der Waals surface area contributed by atoms with Crippen LogP contribution in [-0.2, 0) is 12.8 Å². The van der Waals surface area contributed by atoms with Gasteiger partial charge < -0.3 is 4.74 Å². The van der Waals surface area contributed by atoms with Crippen molar-refractivity contribution >= 4 is 11.6 Å². The van der Waals surface area contributed by atoms with Crippen LogP contribution in [0.4, 0.5) is 0 Å². The van der Waals surface area contributed by atoms with Crippen LogP contribution in [0.3, 0.4) is 0 Å². The summed E-state index contributed by atoms with van der Waals surface area (Å²) in [6, 6.07) is 16.7. The molecule has 0 bridgehead atoms. The molecule has 2 aromatic carbocycles. The largest absolute Gasteiger partial charge is 0.496 e. The molecule has 0 aromatic heterocycles. The van der Waals surface area contributed by atoms with Gasteiger partial charge in [0.2, 0.25) is 0 Å². The third-order valence-corrected chi connectivity index (χ3v) is 3.87. The number of aryl methyl sites for hydroxylation is 2. The Kier molecular flexibility index (Phi) is 5.49. The molecule has 0 aliphatic carbocycles. The third-order valence-electron chi connectivity index (χ3n) is 3.50. The van der Waals surface area contributed by atoms with E-state index < -0.39 is 0 Å². The number of hydrogen-bond donors (Lipinski definition) is 0. The highest BCUT2D eigenvalue weighted by Crippen LogP contribution is 2.22. The minimum absolute atomic E-state index is 0.132. The van der Waals surface area contributed by atoms with Crippen LogP contribution in [-0.4, -0.2) is 12.5 Å². The number of rotatable bonds is 6. The van der Waals surface area contributed by atoms with Crippen LogP contribution in [0.15, 0.2) is 48.5 Å². The Morgan fingerprint density at radius 1 is 1.05 bits per heavy atom. The van der Waals surface area contributed by atoms with Crippen molar-refractivity contribution in [2.75, 3.05) is 7.11 Å². The highest BCUT2D eigenvalue weighted by molar-refractivity contribution is 6.20. The monoisotopic (exact) mass is 288 g/mol. The van der Waals surface area contributed by atoms with Crippen LogP contribution in [0, 0.1) is 6.92 Å². The molecule has 0 radical (unpaired) electrons. The first kappa shape index (κ1) is 14.9. The summed E-state index contributed by atoms with van der Waals surface area (Å²) in [5.74, 6) is 0.925. The van der Waals surface area contributed by atoms with E-state index in [1.807, 2.05) is 18.2 Å². The molecule has 0 saturated carbocycles. The van der Waals surface area contributed by atoms with Gasteiger partial charge in [-0.25, -0.2) is 0 Å². The number of ether oxygens (including phenoxy) is 1. The van der Waals surface area contributed by atoms with Crippen LogP contribution in [0.2, 0.25) is 0 Å². The number of alkyl halides is 1. The fourth-order valence-corrected chi connectivity index (χ4v) is 2.57. The first-order valence-corrected chi connectivity index (χ1v) is 7.44. The van der Waals surface area contributed by atoms with Gasteiger partial charge in [0.15, 0.2) is 0 Å². The maximum Gasteiger partial charge on any atom is 0.122 e. The van der Waals surface area contributed by atoms with Gasteiger partial charge >= 0.3 is 0 Å². The van der Waals surface area contributed by atoms with Crippen molar-refractivity contribution in [3.05, 3.63) is 65.2 Å². The van der Waals surface area contributed by atoms with E-state index in [9.17, 15) is 0 Å². The molecule has 0 aliphatic heterocycles. The van der Waals surface area contributed by atoms with Crippen LogP contribution in [0.1, 0.15) is 23.1 Å². The smallest absolute Gasteiger partial charge is 0.122 e. The Morgan fingerprint density at radius 2 is 1.75 bits per heavy atom. The second-order valence-corrected chi connectivity index (χ2v) is 5.75. The van der Waals surface area contributed by atoms with Gasteiger partial charge in [0.05, 0.1) is 7.11 Å². The molecule has 0 saturated heterocycles. The van der Waals surface area contributed by atoms with Crippen LogP contribution < -0.4 is 4.74 Å². The highest BCUT2D eigenvalue weighted by atomic mass is 35.5. The van der Waals surface area contributed by atoms with Crippen molar-refractivity contribution in [1.29, 1.82) is 0 Å². The van der Waals surface area contributed by atoms with Crippen molar-refractivity contribution in [1.82, 2.24) is 0 Å². The zero-order chi connectivity index (χ0) is 14.4. The Labute approximate surface area is 126 Å². The zero-order valence-electron chi connectivity index (χ0n) is 12.1. The quantitative estimate of drug-likeness (QED) is 0.695. The average molecular weight is 289 g/mol. The fourth-order valence-electron chi connectivity index (χ4n) is 2.29. The molecule has 0 amide bonds. The Morgan fingerprint density at radius 3 is 2.45 bits per heavy atom. The Balaban J connectivity index is 1.89. The molecule has 1 atom stereocenters. The van der Waals surface area contributed by atoms with Gasteiger partial charge in [0.1, 0.15) is 5.75 Å². The standard InChI is InChI=1S/C18H21ClO/c1-14-7-9-15(10-8-14)11-12-17(19)13-16-5-3-4-6-18(16)20-2/h3-10,17H,11-13H2,1-2H3. The van der Waals surface area contributed by atoms with Crippen molar-refractivity contribution in [3.8, 4) is 5.75 Å². The molecule has 1 nitrogen and oxygen atoms in total. The zero-order valence-corrected chi connectivity index (χ0v) is 12.9. The minimum Gasteiger partial charge on any atom is -0.496 e. The van der Waals surface area contributed by atoms with Gasteiger partial charge in [-0.1, -0.05) is 48.0 Å².